The lowest BCUT2D eigenvalue weighted by molar-refractivity contribution is 0.102. The number of carbonyl (C=O) groups is 1. The fraction of sp³-hybridized carbons (Fsp3) is 0.0667. The summed E-state index contributed by atoms with van der Waals surface area (Å²) in [7, 11) is 0. The molecule has 0 aliphatic carbocycles. The average Bonchev–Trinajstić information content (AvgIpc) is 2.95. The van der Waals surface area contributed by atoms with Gasteiger partial charge in [0.1, 0.15) is 0 Å². The van der Waals surface area contributed by atoms with Crippen molar-refractivity contribution >= 4 is 67.4 Å². The van der Waals surface area contributed by atoms with Crippen LogP contribution in [0.1, 0.15) is 10.4 Å². The second-order valence-corrected chi connectivity index (χ2v) is 8.01. The third kappa shape index (κ3) is 3.83. The zero-order chi connectivity index (χ0) is 16.4. The summed E-state index contributed by atoms with van der Waals surface area (Å²) in [5, 5.41) is 19.9. The summed E-state index contributed by atoms with van der Waals surface area (Å²) >= 11 is 4.84. The highest BCUT2D eigenvalue weighted by Gasteiger charge is 2.12. The molecule has 0 aliphatic rings. The van der Waals surface area contributed by atoms with Crippen LogP contribution in [0.5, 0.6) is 0 Å². The zero-order valence-corrected chi connectivity index (χ0v) is 15.4. The highest BCUT2D eigenvalue weighted by Crippen LogP contribution is 2.30. The molecule has 3 rings (SSSR count). The minimum absolute atomic E-state index is 0.0708. The van der Waals surface area contributed by atoms with Crippen molar-refractivity contribution in [2.24, 2.45) is 0 Å². The summed E-state index contributed by atoms with van der Waals surface area (Å²) in [6, 6.07) is 12.5. The van der Waals surface area contributed by atoms with E-state index in [1.807, 2.05) is 46.9 Å². The van der Waals surface area contributed by atoms with E-state index in [2.05, 4.69) is 4.98 Å². The minimum Gasteiger partial charge on any atom is -0.733 e. The van der Waals surface area contributed by atoms with E-state index in [9.17, 15) is 10.0 Å². The van der Waals surface area contributed by atoms with Gasteiger partial charge in [0.05, 0.1) is 21.7 Å². The molecule has 0 saturated heterocycles. The van der Waals surface area contributed by atoms with Gasteiger partial charge in [-0.25, -0.2) is 4.98 Å². The Morgan fingerprint density at radius 3 is 2.87 bits per heavy atom. The molecule has 5 nitrogen and oxygen atoms in total. The summed E-state index contributed by atoms with van der Waals surface area (Å²) < 4.78 is 2.50. The van der Waals surface area contributed by atoms with Crippen LogP contribution in [0, 0.1) is 8.78 Å². The van der Waals surface area contributed by atoms with Crippen LogP contribution in [0.4, 0.5) is 5.69 Å². The third-order valence-electron chi connectivity index (χ3n) is 3.08. The van der Waals surface area contributed by atoms with E-state index in [1.165, 1.54) is 17.8 Å². The van der Waals surface area contributed by atoms with Gasteiger partial charge in [-0.05, 0) is 46.9 Å². The van der Waals surface area contributed by atoms with E-state index in [0.717, 1.165) is 14.6 Å². The molecule has 0 amide bonds. The smallest absolute Gasteiger partial charge is 0.173 e. The molecule has 0 fully saturated rings. The first kappa shape index (κ1) is 16.7. The zero-order valence-electron chi connectivity index (χ0n) is 11.6. The van der Waals surface area contributed by atoms with Gasteiger partial charge in [-0.2, -0.15) is 0 Å². The molecule has 0 atom stereocenters. The maximum absolute atomic E-state index is 12.3. The summed E-state index contributed by atoms with van der Waals surface area (Å²) in [5.74, 6) is 0.109. The van der Waals surface area contributed by atoms with Crippen LogP contribution < -0.4 is 5.23 Å². The summed E-state index contributed by atoms with van der Waals surface area (Å²) in [6.07, 6.45) is 0. The number of nitrogens with zero attached hydrogens (tertiary/aromatic N) is 2. The van der Waals surface area contributed by atoms with Crippen molar-refractivity contribution in [2.45, 2.75) is 4.34 Å². The number of thiazole rings is 1. The van der Waals surface area contributed by atoms with Gasteiger partial charge in [-0.1, -0.05) is 30.0 Å². The lowest BCUT2D eigenvalue weighted by atomic mass is 10.1. The van der Waals surface area contributed by atoms with Crippen LogP contribution in [0.15, 0.2) is 46.8 Å². The number of fused-ring (bicyclic) bond motifs is 1. The van der Waals surface area contributed by atoms with Gasteiger partial charge in [0, 0.05) is 9.13 Å². The molecule has 8 heteroatoms. The Bertz CT molecular complexity index is 834. The van der Waals surface area contributed by atoms with E-state index < -0.39 is 0 Å². The number of para-hydroxylation sites is 1. The van der Waals surface area contributed by atoms with Crippen molar-refractivity contribution in [2.75, 3.05) is 11.0 Å². The first-order valence-electron chi connectivity index (χ1n) is 6.52. The highest BCUT2D eigenvalue weighted by molar-refractivity contribution is 14.1. The molecule has 1 aromatic heterocycles. The quantitative estimate of drug-likeness (QED) is 0.262. The third-order valence-corrected chi connectivity index (χ3v) is 6.17. The lowest BCUT2D eigenvalue weighted by Gasteiger charge is -2.23. The Kier molecular flexibility index (Phi) is 5.17. The lowest BCUT2D eigenvalue weighted by Crippen LogP contribution is -2.11. The predicted molar refractivity (Wildman–Crippen MR) is 101 cm³/mol. The van der Waals surface area contributed by atoms with Gasteiger partial charge >= 0.3 is 0 Å². The number of carbonyl (C=O) groups excluding carboxylic acids is 1. The summed E-state index contributed by atoms with van der Waals surface area (Å²) in [4.78, 5) is 16.7. The Balaban J connectivity index is 1.73. The number of aromatic nitrogens is 1. The first-order valence-corrected chi connectivity index (χ1v) is 9.40. The molecule has 0 aliphatic heterocycles. The van der Waals surface area contributed by atoms with Crippen LogP contribution in [-0.4, -0.2) is 21.7 Å². The van der Waals surface area contributed by atoms with Crippen LogP contribution in [-0.2, 0) is 0 Å². The van der Waals surface area contributed by atoms with Crippen LogP contribution in [0.2, 0.25) is 0 Å². The molecule has 2 aromatic carbocycles. The maximum Gasteiger partial charge on any atom is 0.173 e. The molecular weight excluding hydrogens is 447 g/mol. The van der Waals surface area contributed by atoms with E-state index >= 15 is 0 Å². The van der Waals surface area contributed by atoms with Crippen LogP contribution in [0.3, 0.4) is 0 Å². The molecule has 0 saturated carbocycles. The molecular formula is C15H10IN2O3S2-. The number of hydrogen-bond acceptors (Lipinski definition) is 7. The molecule has 3 aromatic rings. The van der Waals surface area contributed by atoms with Gasteiger partial charge < -0.3 is 10.4 Å². The fourth-order valence-corrected chi connectivity index (χ4v) is 4.46. The van der Waals surface area contributed by atoms with Crippen LogP contribution >= 0.6 is 45.7 Å². The average molecular weight is 457 g/mol. The van der Waals surface area contributed by atoms with Crippen molar-refractivity contribution < 1.29 is 10.0 Å². The Hall–Kier alpha value is -1.20. The van der Waals surface area contributed by atoms with Gasteiger partial charge in [0.2, 0.25) is 0 Å². The predicted octanol–water partition coefficient (Wildman–Crippen LogP) is 4.57. The molecule has 0 radical (unpaired) electrons. The molecule has 1 N–H and O–H groups in total. The number of hydrogen-bond donors (Lipinski definition) is 1. The molecule has 0 spiro atoms. The van der Waals surface area contributed by atoms with E-state index in [1.54, 1.807) is 23.5 Å². The standard InChI is InChI=1S/C15H10IN2O3S2/c16-10-6-5-9(7-12(10)18(20)21)13(19)8-22-15-17-11-3-1-2-4-14(11)23-15/h1-7,20H,8H2/q-1. The number of rotatable bonds is 5. The number of Topliss-reactive ketones (excluding diaryl/α,β-unsaturated/α-hetero) is 1. The Morgan fingerprint density at radius 2 is 2.13 bits per heavy atom. The van der Waals surface area contributed by atoms with Gasteiger partial charge in [0.15, 0.2) is 10.1 Å². The van der Waals surface area contributed by atoms with Crippen LogP contribution in [0.25, 0.3) is 10.2 Å². The minimum atomic E-state index is -0.223. The monoisotopic (exact) mass is 457 g/mol. The van der Waals surface area contributed by atoms with Crippen molar-refractivity contribution in [1.82, 2.24) is 4.98 Å². The SMILES string of the molecule is O=C(CSc1nc2ccccc2s1)c1ccc(I)c(N([O-])O)c1. The number of anilines is 1. The van der Waals surface area contributed by atoms with Crippen molar-refractivity contribution in [3.8, 4) is 0 Å². The van der Waals surface area contributed by atoms with E-state index in [-0.39, 0.29) is 22.5 Å². The first-order chi connectivity index (χ1) is 11.0. The van der Waals surface area contributed by atoms with Crippen molar-refractivity contribution in [3.63, 3.8) is 0 Å². The van der Waals surface area contributed by atoms with E-state index in [0.29, 0.717) is 9.13 Å². The second kappa shape index (κ2) is 7.14. The van der Waals surface area contributed by atoms with Gasteiger partial charge in [-0.3, -0.25) is 10.0 Å². The van der Waals surface area contributed by atoms with Gasteiger partial charge in [0.25, 0.3) is 0 Å². The van der Waals surface area contributed by atoms with Gasteiger partial charge in [-0.15, -0.1) is 11.3 Å². The maximum atomic E-state index is 12.3. The molecule has 23 heavy (non-hydrogen) atoms. The number of benzene rings is 2. The number of thioether (sulfide) groups is 1. The summed E-state index contributed by atoms with van der Waals surface area (Å²) in [5.41, 5.74) is 1.39. The molecule has 118 valence electrons. The number of ketones is 1. The van der Waals surface area contributed by atoms with Crippen molar-refractivity contribution in [3.05, 3.63) is 56.8 Å². The largest absolute Gasteiger partial charge is 0.733 e. The van der Waals surface area contributed by atoms with E-state index in [4.69, 9.17) is 5.21 Å². The van der Waals surface area contributed by atoms with Crippen molar-refractivity contribution in [1.29, 1.82) is 0 Å². The fourth-order valence-electron chi connectivity index (χ4n) is 1.96. The Labute approximate surface area is 154 Å². The molecule has 0 bridgehead atoms. The normalized spacial score (nSPS) is 10.9. The summed E-state index contributed by atoms with van der Waals surface area (Å²) in [6.45, 7) is 0. The topological polar surface area (TPSA) is 76.5 Å². The second-order valence-electron chi connectivity index (χ2n) is 4.60. The molecule has 0 unspecified atom stereocenters. The highest BCUT2D eigenvalue weighted by atomic mass is 127. The molecule has 1 heterocycles. The Morgan fingerprint density at radius 1 is 1.35 bits per heavy atom. The number of halogens is 1.